The first kappa shape index (κ1) is 25.1. The Morgan fingerprint density at radius 2 is 1.62 bits per heavy atom. The fourth-order valence-electron chi connectivity index (χ4n) is 4.95. The Kier molecular flexibility index (Phi) is 7.33. The average molecular weight is 497 g/mol. The lowest BCUT2D eigenvalue weighted by atomic mass is 9.85. The highest BCUT2D eigenvalue weighted by molar-refractivity contribution is 6.06. The van der Waals surface area contributed by atoms with Gasteiger partial charge in [-0.3, -0.25) is 9.69 Å². The van der Waals surface area contributed by atoms with Crippen molar-refractivity contribution in [2.75, 3.05) is 31.6 Å². The summed E-state index contributed by atoms with van der Waals surface area (Å²) in [5.41, 5.74) is 6.23. The second-order valence-corrected chi connectivity index (χ2v) is 10.9. The van der Waals surface area contributed by atoms with Crippen LogP contribution in [-0.4, -0.2) is 37.1 Å². The molecule has 2 aliphatic heterocycles. The normalized spacial score (nSPS) is 16.0. The van der Waals surface area contributed by atoms with E-state index in [-0.39, 0.29) is 11.3 Å². The minimum atomic E-state index is -0.184. The van der Waals surface area contributed by atoms with Gasteiger partial charge in [0.1, 0.15) is 13.2 Å². The second-order valence-electron chi connectivity index (χ2n) is 10.9. The minimum absolute atomic E-state index is 0.0632. The van der Waals surface area contributed by atoms with Crippen LogP contribution < -0.4 is 14.8 Å². The van der Waals surface area contributed by atoms with Gasteiger partial charge in [-0.25, -0.2) is 0 Å². The van der Waals surface area contributed by atoms with Crippen molar-refractivity contribution in [2.24, 2.45) is 0 Å². The van der Waals surface area contributed by atoms with E-state index < -0.39 is 0 Å². The third-order valence-corrected chi connectivity index (χ3v) is 6.99. The van der Waals surface area contributed by atoms with Crippen molar-refractivity contribution in [1.29, 1.82) is 0 Å². The van der Waals surface area contributed by atoms with Crippen LogP contribution in [0.4, 0.5) is 5.69 Å². The fourth-order valence-corrected chi connectivity index (χ4v) is 4.95. The van der Waals surface area contributed by atoms with Crippen LogP contribution in [0.25, 0.3) is 5.57 Å². The zero-order chi connectivity index (χ0) is 25.8. The van der Waals surface area contributed by atoms with E-state index in [2.05, 4.69) is 79.5 Å². The van der Waals surface area contributed by atoms with Gasteiger partial charge in [0.05, 0.1) is 0 Å². The topological polar surface area (TPSA) is 50.8 Å². The number of carbonyl (C=O) groups excluding carboxylic acids is 1. The molecule has 0 atom stereocenters. The average Bonchev–Trinajstić information content (AvgIpc) is 3.40. The first-order chi connectivity index (χ1) is 17.8. The zero-order valence-corrected chi connectivity index (χ0v) is 22.0. The number of likely N-dealkylation sites (tertiary alicyclic amines) is 1. The standard InChI is InChI=1S/C32H36N2O3/c1-32(2,3)26-11-9-24(10-12-26)28(25-8-6-7-23(19-25)22-34-15-4-5-16-34)21-31(35)33-27-13-14-29-30(20-27)37-18-17-36-29/h6-14,19-21H,4-5,15-18,22H2,1-3H3,(H,33,35)/b28-21-. The first-order valence-electron chi connectivity index (χ1n) is 13.2. The number of amides is 1. The molecule has 1 amide bonds. The van der Waals surface area contributed by atoms with Gasteiger partial charge < -0.3 is 14.8 Å². The molecule has 3 aromatic carbocycles. The Hall–Kier alpha value is -3.57. The number of carbonyl (C=O) groups is 1. The van der Waals surface area contributed by atoms with Gasteiger partial charge in [0.15, 0.2) is 11.5 Å². The van der Waals surface area contributed by atoms with E-state index in [4.69, 9.17) is 9.47 Å². The molecule has 2 heterocycles. The number of hydrogen-bond acceptors (Lipinski definition) is 4. The number of fused-ring (bicyclic) bond motifs is 1. The van der Waals surface area contributed by atoms with Crippen molar-refractivity contribution in [3.05, 3.63) is 95.1 Å². The van der Waals surface area contributed by atoms with Crippen molar-refractivity contribution in [3.8, 4) is 11.5 Å². The van der Waals surface area contributed by atoms with Crippen LogP contribution in [0, 0.1) is 0 Å². The van der Waals surface area contributed by atoms with Gasteiger partial charge in [0.25, 0.3) is 0 Å². The van der Waals surface area contributed by atoms with E-state index >= 15 is 0 Å². The molecule has 0 aromatic heterocycles. The summed E-state index contributed by atoms with van der Waals surface area (Å²) in [7, 11) is 0. The minimum Gasteiger partial charge on any atom is -0.486 e. The largest absolute Gasteiger partial charge is 0.486 e. The van der Waals surface area contributed by atoms with E-state index in [9.17, 15) is 4.79 Å². The van der Waals surface area contributed by atoms with Crippen molar-refractivity contribution in [3.63, 3.8) is 0 Å². The number of benzene rings is 3. The van der Waals surface area contributed by atoms with Crippen molar-refractivity contribution >= 4 is 17.2 Å². The van der Waals surface area contributed by atoms with Crippen LogP contribution in [0.3, 0.4) is 0 Å². The summed E-state index contributed by atoms with van der Waals surface area (Å²) in [6, 6.07) is 22.6. The van der Waals surface area contributed by atoms with E-state index in [1.165, 1.54) is 24.0 Å². The smallest absolute Gasteiger partial charge is 0.249 e. The molecule has 0 radical (unpaired) electrons. The molecule has 0 aliphatic carbocycles. The Morgan fingerprint density at radius 3 is 2.35 bits per heavy atom. The van der Waals surface area contributed by atoms with Gasteiger partial charge in [-0.2, -0.15) is 0 Å². The highest BCUT2D eigenvalue weighted by atomic mass is 16.6. The van der Waals surface area contributed by atoms with E-state index in [1.54, 1.807) is 6.08 Å². The van der Waals surface area contributed by atoms with Crippen LogP contribution in [0.2, 0.25) is 0 Å². The second kappa shape index (κ2) is 10.8. The Labute approximate surface area is 220 Å². The molecule has 5 nitrogen and oxygen atoms in total. The van der Waals surface area contributed by atoms with Gasteiger partial charge in [-0.1, -0.05) is 63.2 Å². The highest BCUT2D eigenvalue weighted by Gasteiger charge is 2.17. The Balaban J connectivity index is 1.45. The number of rotatable bonds is 6. The number of nitrogens with one attached hydrogen (secondary N) is 1. The highest BCUT2D eigenvalue weighted by Crippen LogP contribution is 2.33. The van der Waals surface area contributed by atoms with E-state index in [0.717, 1.165) is 36.3 Å². The molecule has 0 unspecified atom stereocenters. The van der Waals surface area contributed by atoms with Gasteiger partial charge in [-0.05, 0) is 77.4 Å². The number of nitrogens with zero attached hydrogens (tertiary/aromatic N) is 1. The fraction of sp³-hybridized carbons (Fsp3) is 0.344. The van der Waals surface area contributed by atoms with Gasteiger partial charge in [0.2, 0.25) is 5.91 Å². The van der Waals surface area contributed by atoms with E-state index in [1.807, 2.05) is 18.2 Å². The van der Waals surface area contributed by atoms with E-state index in [0.29, 0.717) is 30.4 Å². The third-order valence-electron chi connectivity index (χ3n) is 6.99. The molecule has 37 heavy (non-hydrogen) atoms. The van der Waals surface area contributed by atoms with Crippen molar-refractivity contribution in [2.45, 2.75) is 45.6 Å². The summed E-state index contributed by atoms with van der Waals surface area (Å²) in [6.45, 7) is 10.9. The number of hydrogen-bond donors (Lipinski definition) is 1. The number of ether oxygens (including phenoxy) is 2. The summed E-state index contributed by atoms with van der Waals surface area (Å²) in [6.07, 6.45) is 4.24. The molecule has 3 aromatic rings. The Morgan fingerprint density at radius 1 is 0.892 bits per heavy atom. The molecule has 1 N–H and O–H groups in total. The molecule has 5 heteroatoms. The lowest BCUT2D eigenvalue weighted by molar-refractivity contribution is -0.111. The SMILES string of the molecule is CC(C)(C)c1ccc(/C(=C/C(=O)Nc2ccc3c(c2)OCCO3)c2cccc(CN3CCCC3)c2)cc1. The van der Waals surface area contributed by atoms with Crippen LogP contribution in [-0.2, 0) is 16.8 Å². The predicted octanol–water partition coefficient (Wildman–Crippen LogP) is 6.42. The molecular formula is C32H36N2O3. The maximum atomic E-state index is 13.3. The first-order valence-corrected chi connectivity index (χ1v) is 13.2. The van der Waals surface area contributed by atoms with Crippen molar-refractivity contribution < 1.29 is 14.3 Å². The van der Waals surface area contributed by atoms with Crippen LogP contribution >= 0.6 is 0 Å². The molecule has 2 aliphatic rings. The summed E-state index contributed by atoms with van der Waals surface area (Å²) in [5, 5.41) is 3.01. The molecule has 0 spiro atoms. The molecule has 1 saturated heterocycles. The maximum absolute atomic E-state index is 13.3. The maximum Gasteiger partial charge on any atom is 0.249 e. The predicted molar refractivity (Wildman–Crippen MR) is 149 cm³/mol. The van der Waals surface area contributed by atoms with Gasteiger partial charge in [-0.15, -0.1) is 0 Å². The van der Waals surface area contributed by atoms with Crippen LogP contribution in [0.15, 0.2) is 72.8 Å². The molecule has 5 rings (SSSR count). The Bertz CT molecular complexity index is 1280. The summed E-state index contributed by atoms with van der Waals surface area (Å²) < 4.78 is 11.3. The molecular weight excluding hydrogens is 460 g/mol. The molecule has 1 fully saturated rings. The molecule has 0 bridgehead atoms. The quantitative estimate of drug-likeness (QED) is 0.400. The van der Waals surface area contributed by atoms with Crippen LogP contribution in [0.1, 0.15) is 55.9 Å². The summed E-state index contributed by atoms with van der Waals surface area (Å²) in [5.74, 6) is 1.17. The lowest BCUT2D eigenvalue weighted by Crippen LogP contribution is -2.18. The molecule has 192 valence electrons. The summed E-state index contributed by atoms with van der Waals surface area (Å²) in [4.78, 5) is 15.8. The van der Waals surface area contributed by atoms with Crippen molar-refractivity contribution in [1.82, 2.24) is 4.90 Å². The summed E-state index contributed by atoms with van der Waals surface area (Å²) >= 11 is 0. The van der Waals surface area contributed by atoms with Gasteiger partial charge >= 0.3 is 0 Å². The van der Waals surface area contributed by atoms with Crippen LogP contribution in [0.5, 0.6) is 11.5 Å². The zero-order valence-electron chi connectivity index (χ0n) is 22.0. The third kappa shape index (κ3) is 6.23. The number of anilines is 1. The molecule has 0 saturated carbocycles. The van der Waals surface area contributed by atoms with Gasteiger partial charge in [0, 0.05) is 24.4 Å². The monoisotopic (exact) mass is 496 g/mol. The lowest BCUT2D eigenvalue weighted by Gasteiger charge is -2.20.